The van der Waals surface area contributed by atoms with Gasteiger partial charge in [0.1, 0.15) is 19.0 Å². The maximum Gasteiger partial charge on any atom is 0.407 e. The minimum atomic E-state index is -0.836. The van der Waals surface area contributed by atoms with Gasteiger partial charge in [-0.1, -0.05) is 48.0 Å². The molecular formula is C19H20ClFN2O3. The Kier molecular flexibility index (Phi) is 6.58. The van der Waals surface area contributed by atoms with Crippen LogP contribution in [0.25, 0.3) is 0 Å². The molecule has 7 heteroatoms. The predicted molar refractivity (Wildman–Crippen MR) is 97.2 cm³/mol. The highest BCUT2D eigenvalue weighted by Crippen LogP contribution is 2.28. The molecule has 0 aliphatic heterocycles. The van der Waals surface area contributed by atoms with Gasteiger partial charge >= 0.3 is 6.09 Å². The SMILES string of the molecule is CC(C)(NC(=O)CNC(=O)OCc1ccccc1)c1ccc(F)cc1Cl. The van der Waals surface area contributed by atoms with Crippen molar-refractivity contribution in [1.82, 2.24) is 10.6 Å². The Morgan fingerprint density at radius 2 is 1.85 bits per heavy atom. The van der Waals surface area contributed by atoms with Crippen molar-refractivity contribution in [2.75, 3.05) is 6.54 Å². The normalized spacial score (nSPS) is 10.9. The van der Waals surface area contributed by atoms with Crippen molar-refractivity contribution in [1.29, 1.82) is 0 Å². The summed E-state index contributed by atoms with van der Waals surface area (Å²) in [5, 5.41) is 5.34. The highest BCUT2D eigenvalue weighted by atomic mass is 35.5. The first-order valence-electron chi connectivity index (χ1n) is 7.99. The zero-order valence-electron chi connectivity index (χ0n) is 14.5. The van der Waals surface area contributed by atoms with E-state index in [9.17, 15) is 14.0 Å². The molecule has 138 valence electrons. The van der Waals surface area contributed by atoms with E-state index in [4.69, 9.17) is 16.3 Å². The van der Waals surface area contributed by atoms with Crippen LogP contribution in [0.4, 0.5) is 9.18 Å². The number of halogens is 2. The van der Waals surface area contributed by atoms with E-state index in [1.165, 1.54) is 18.2 Å². The second kappa shape index (κ2) is 8.67. The number of rotatable bonds is 6. The molecule has 0 saturated heterocycles. The molecule has 2 aromatic rings. The standard InChI is InChI=1S/C19H20ClFN2O3/c1-19(2,15-9-8-14(21)10-16(15)20)23-17(24)11-22-18(25)26-12-13-6-4-3-5-7-13/h3-10H,11-12H2,1-2H3,(H,22,25)(H,23,24). The highest BCUT2D eigenvalue weighted by Gasteiger charge is 2.25. The van der Waals surface area contributed by atoms with Gasteiger partial charge in [0.25, 0.3) is 0 Å². The van der Waals surface area contributed by atoms with Gasteiger partial charge in [0.2, 0.25) is 5.91 Å². The maximum absolute atomic E-state index is 13.2. The summed E-state index contributed by atoms with van der Waals surface area (Å²) in [7, 11) is 0. The van der Waals surface area contributed by atoms with E-state index in [-0.39, 0.29) is 18.2 Å². The lowest BCUT2D eigenvalue weighted by atomic mass is 9.94. The van der Waals surface area contributed by atoms with Crippen molar-refractivity contribution in [3.63, 3.8) is 0 Å². The molecule has 0 aliphatic carbocycles. The van der Waals surface area contributed by atoms with Crippen molar-refractivity contribution in [2.24, 2.45) is 0 Å². The summed E-state index contributed by atoms with van der Waals surface area (Å²) in [6.07, 6.45) is -0.693. The average Bonchev–Trinajstić information content (AvgIpc) is 2.58. The Morgan fingerprint density at radius 3 is 2.50 bits per heavy atom. The minimum absolute atomic E-state index is 0.116. The summed E-state index contributed by atoms with van der Waals surface area (Å²) in [4.78, 5) is 23.8. The number of amides is 2. The fraction of sp³-hybridized carbons (Fsp3) is 0.263. The van der Waals surface area contributed by atoms with E-state index in [0.717, 1.165) is 5.56 Å². The van der Waals surface area contributed by atoms with Gasteiger partial charge in [0.15, 0.2) is 0 Å². The molecule has 2 rings (SSSR count). The highest BCUT2D eigenvalue weighted by molar-refractivity contribution is 6.31. The number of carbonyl (C=O) groups is 2. The van der Waals surface area contributed by atoms with Crippen molar-refractivity contribution >= 4 is 23.6 Å². The molecule has 0 bridgehead atoms. The van der Waals surface area contributed by atoms with E-state index >= 15 is 0 Å². The van der Waals surface area contributed by atoms with Crippen LogP contribution in [0.1, 0.15) is 25.0 Å². The predicted octanol–water partition coefficient (Wildman–Crippen LogP) is 3.76. The van der Waals surface area contributed by atoms with Crippen LogP contribution in [0.3, 0.4) is 0 Å². The second-order valence-corrected chi connectivity index (χ2v) is 6.62. The molecule has 0 unspecified atom stereocenters. The van der Waals surface area contributed by atoms with Crippen molar-refractivity contribution < 1.29 is 18.7 Å². The molecule has 5 nitrogen and oxygen atoms in total. The van der Waals surface area contributed by atoms with Gasteiger partial charge in [-0.2, -0.15) is 0 Å². The molecule has 0 saturated carbocycles. The third-order valence-corrected chi connectivity index (χ3v) is 3.98. The molecule has 0 fully saturated rings. The minimum Gasteiger partial charge on any atom is -0.445 e. The first-order chi connectivity index (χ1) is 12.3. The van der Waals surface area contributed by atoms with Crippen LogP contribution in [0.15, 0.2) is 48.5 Å². The van der Waals surface area contributed by atoms with Gasteiger partial charge in [0.05, 0.1) is 5.54 Å². The van der Waals surface area contributed by atoms with Crippen LogP contribution in [0.2, 0.25) is 5.02 Å². The molecule has 0 atom stereocenters. The van der Waals surface area contributed by atoms with Crippen molar-refractivity contribution in [2.45, 2.75) is 26.0 Å². The Morgan fingerprint density at radius 1 is 1.15 bits per heavy atom. The van der Waals surface area contributed by atoms with Crippen LogP contribution < -0.4 is 10.6 Å². The second-order valence-electron chi connectivity index (χ2n) is 6.21. The van der Waals surface area contributed by atoms with Gasteiger partial charge in [-0.15, -0.1) is 0 Å². The van der Waals surface area contributed by atoms with E-state index in [1.807, 2.05) is 30.3 Å². The van der Waals surface area contributed by atoms with E-state index < -0.39 is 23.4 Å². The third-order valence-electron chi connectivity index (χ3n) is 3.66. The molecule has 2 amide bonds. The summed E-state index contributed by atoms with van der Waals surface area (Å²) in [5.74, 6) is -0.879. The van der Waals surface area contributed by atoms with E-state index in [0.29, 0.717) is 5.56 Å². The zero-order chi connectivity index (χ0) is 19.2. The quantitative estimate of drug-likeness (QED) is 0.804. The van der Waals surface area contributed by atoms with Gasteiger partial charge in [-0.3, -0.25) is 4.79 Å². The Bertz CT molecular complexity index is 782. The summed E-state index contributed by atoms with van der Waals surface area (Å²) in [6.45, 7) is 3.33. The number of benzene rings is 2. The van der Waals surface area contributed by atoms with Gasteiger partial charge in [0, 0.05) is 5.02 Å². The lowest BCUT2D eigenvalue weighted by Crippen LogP contribution is -2.46. The van der Waals surface area contributed by atoms with Crippen LogP contribution >= 0.6 is 11.6 Å². The molecule has 0 radical (unpaired) electrons. The van der Waals surface area contributed by atoms with Gasteiger partial charge < -0.3 is 15.4 Å². The van der Waals surface area contributed by atoms with Crippen molar-refractivity contribution in [3.05, 3.63) is 70.5 Å². The number of ether oxygens (including phenoxy) is 1. The number of hydrogen-bond acceptors (Lipinski definition) is 3. The molecule has 0 aliphatic rings. The molecular weight excluding hydrogens is 359 g/mol. The van der Waals surface area contributed by atoms with Gasteiger partial charge in [-0.25, -0.2) is 9.18 Å². The molecule has 0 heterocycles. The van der Waals surface area contributed by atoms with Crippen molar-refractivity contribution in [3.8, 4) is 0 Å². The monoisotopic (exact) mass is 378 g/mol. The number of carbonyl (C=O) groups excluding carboxylic acids is 2. The van der Waals surface area contributed by atoms with Crippen LogP contribution in [-0.2, 0) is 21.7 Å². The topological polar surface area (TPSA) is 67.4 Å². The Labute approximate surface area is 156 Å². The first kappa shape index (κ1) is 19.7. The number of alkyl carbamates (subject to hydrolysis) is 1. The lowest BCUT2D eigenvalue weighted by molar-refractivity contribution is -0.121. The maximum atomic E-state index is 13.2. The average molecular weight is 379 g/mol. The van der Waals surface area contributed by atoms with E-state index in [2.05, 4.69) is 10.6 Å². The van der Waals surface area contributed by atoms with Gasteiger partial charge in [-0.05, 0) is 37.1 Å². The Balaban J connectivity index is 1.82. The Hall–Kier alpha value is -2.60. The number of hydrogen-bond donors (Lipinski definition) is 2. The molecule has 2 N–H and O–H groups in total. The largest absolute Gasteiger partial charge is 0.445 e. The summed E-state index contributed by atoms with van der Waals surface area (Å²) < 4.78 is 18.2. The fourth-order valence-electron chi connectivity index (χ4n) is 2.38. The molecule has 2 aromatic carbocycles. The smallest absolute Gasteiger partial charge is 0.407 e. The fourth-order valence-corrected chi connectivity index (χ4v) is 2.79. The van der Waals surface area contributed by atoms with Crippen LogP contribution in [-0.4, -0.2) is 18.5 Å². The third kappa shape index (κ3) is 5.74. The summed E-state index contributed by atoms with van der Waals surface area (Å²) in [5.41, 5.74) is 0.581. The summed E-state index contributed by atoms with van der Waals surface area (Å²) >= 11 is 6.04. The number of nitrogens with one attached hydrogen (secondary N) is 2. The molecule has 0 aromatic heterocycles. The van der Waals surface area contributed by atoms with Crippen LogP contribution in [0.5, 0.6) is 0 Å². The molecule has 0 spiro atoms. The van der Waals surface area contributed by atoms with E-state index in [1.54, 1.807) is 13.8 Å². The molecule has 26 heavy (non-hydrogen) atoms. The zero-order valence-corrected chi connectivity index (χ0v) is 15.3. The van der Waals surface area contributed by atoms with Crippen LogP contribution in [0, 0.1) is 5.82 Å². The first-order valence-corrected chi connectivity index (χ1v) is 8.37. The lowest BCUT2D eigenvalue weighted by Gasteiger charge is -2.28. The summed E-state index contributed by atoms with van der Waals surface area (Å²) in [6, 6.07) is 13.2.